The summed E-state index contributed by atoms with van der Waals surface area (Å²) in [6.45, 7) is 12.4. The maximum atomic E-state index is 4.49. The fourth-order valence-corrected chi connectivity index (χ4v) is 2.39. The van der Waals surface area contributed by atoms with E-state index in [0.29, 0.717) is 12.0 Å². The summed E-state index contributed by atoms with van der Waals surface area (Å²) in [4.78, 5) is 4.49. The molecule has 1 aromatic rings. The molecule has 0 aromatic carbocycles. The normalized spacial score (nSPS) is 15.6. The molecule has 0 bridgehead atoms. The minimum absolute atomic E-state index is 0.285. The van der Waals surface area contributed by atoms with Crippen LogP contribution in [0, 0.1) is 5.41 Å². The number of pyridine rings is 1. The zero-order valence-corrected chi connectivity index (χ0v) is 11.8. The summed E-state index contributed by atoms with van der Waals surface area (Å²) in [7, 11) is 0. The molecule has 0 radical (unpaired) electrons. The van der Waals surface area contributed by atoms with Gasteiger partial charge in [0.25, 0.3) is 0 Å². The molecule has 96 valence electrons. The number of likely N-dealkylation sites (N-methyl/N-ethyl adjacent to an activating group) is 1. The van der Waals surface area contributed by atoms with Gasteiger partial charge >= 0.3 is 0 Å². The molecule has 0 saturated heterocycles. The van der Waals surface area contributed by atoms with E-state index >= 15 is 0 Å². The summed E-state index contributed by atoms with van der Waals surface area (Å²) in [5, 5.41) is 3.63. The van der Waals surface area contributed by atoms with Gasteiger partial charge in [-0.2, -0.15) is 0 Å². The monoisotopic (exact) mass is 234 g/mol. The van der Waals surface area contributed by atoms with Crippen molar-refractivity contribution in [2.75, 3.05) is 6.54 Å². The van der Waals surface area contributed by atoms with Gasteiger partial charge in [0.15, 0.2) is 0 Å². The molecular weight excluding hydrogens is 208 g/mol. The number of rotatable bonds is 6. The molecule has 0 amide bonds. The van der Waals surface area contributed by atoms with Gasteiger partial charge in [0.2, 0.25) is 0 Å². The summed E-state index contributed by atoms with van der Waals surface area (Å²) < 4.78 is 0. The standard InChI is InChI=1S/C15H26N2/c1-6-15(4,5)14(16-7-2)12(3)13-10-8-9-11-17-13/h8-12,14,16H,6-7H2,1-5H3. The first-order valence-electron chi connectivity index (χ1n) is 6.67. The van der Waals surface area contributed by atoms with Crippen LogP contribution in [0.4, 0.5) is 0 Å². The van der Waals surface area contributed by atoms with Gasteiger partial charge in [-0.25, -0.2) is 0 Å². The first kappa shape index (κ1) is 14.2. The number of aromatic nitrogens is 1. The SMILES string of the molecule is CCNC(C(C)c1ccccn1)C(C)(C)CC. The van der Waals surface area contributed by atoms with Crippen molar-refractivity contribution in [1.29, 1.82) is 0 Å². The van der Waals surface area contributed by atoms with Gasteiger partial charge in [0.05, 0.1) is 0 Å². The quantitative estimate of drug-likeness (QED) is 0.813. The van der Waals surface area contributed by atoms with Crippen LogP contribution in [-0.4, -0.2) is 17.6 Å². The zero-order chi connectivity index (χ0) is 12.9. The fourth-order valence-electron chi connectivity index (χ4n) is 2.39. The highest BCUT2D eigenvalue weighted by molar-refractivity contribution is 5.12. The van der Waals surface area contributed by atoms with Crippen molar-refractivity contribution in [2.24, 2.45) is 5.41 Å². The topological polar surface area (TPSA) is 24.9 Å². The van der Waals surface area contributed by atoms with Gasteiger partial charge in [-0.05, 0) is 30.5 Å². The summed E-state index contributed by atoms with van der Waals surface area (Å²) in [6, 6.07) is 6.64. The van der Waals surface area contributed by atoms with Crippen molar-refractivity contribution >= 4 is 0 Å². The Bertz CT molecular complexity index is 319. The Kier molecular flexibility index (Phi) is 5.13. The summed E-state index contributed by atoms with van der Waals surface area (Å²) >= 11 is 0. The summed E-state index contributed by atoms with van der Waals surface area (Å²) in [5.74, 6) is 0.436. The smallest absolute Gasteiger partial charge is 0.0447 e. The highest BCUT2D eigenvalue weighted by Gasteiger charge is 2.32. The summed E-state index contributed by atoms with van der Waals surface area (Å²) in [6.07, 6.45) is 3.05. The van der Waals surface area contributed by atoms with E-state index in [1.54, 1.807) is 0 Å². The van der Waals surface area contributed by atoms with Crippen molar-refractivity contribution in [3.63, 3.8) is 0 Å². The lowest BCUT2D eigenvalue weighted by molar-refractivity contribution is 0.207. The van der Waals surface area contributed by atoms with E-state index in [1.165, 1.54) is 12.1 Å². The van der Waals surface area contributed by atoms with Gasteiger partial charge in [-0.15, -0.1) is 0 Å². The van der Waals surface area contributed by atoms with Crippen molar-refractivity contribution in [2.45, 2.75) is 53.0 Å². The van der Waals surface area contributed by atoms with Crippen LogP contribution in [0.5, 0.6) is 0 Å². The second kappa shape index (κ2) is 6.15. The molecular formula is C15H26N2. The lowest BCUT2D eigenvalue weighted by Crippen LogP contribution is -2.45. The van der Waals surface area contributed by atoms with Crippen LogP contribution in [0.1, 0.15) is 52.7 Å². The second-order valence-corrected chi connectivity index (χ2v) is 5.42. The van der Waals surface area contributed by atoms with Crippen LogP contribution >= 0.6 is 0 Å². The predicted molar refractivity (Wildman–Crippen MR) is 74.2 cm³/mol. The Balaban J connectivity index is 2.92. The number of hydrogen-bond donors (Lipinski definition) is 1. The molecule has 0 aliphatic rings. The molecule has 0 spiro atoms. The molecule has 0 fully saturated rings. The lowest BCUT2D eigenvalue weighted by atomic mass is 9.75. The average molecular weight is 234 g/mol. The minimum atomic E-state index is 0.285. The fraction of sp³-hybridized carbons (Fsp3) is 0.667. The van der Waals surface area contributed by atoms with Crippen molar-refractivity contribution in [3.8, 4) is 0 Å². The molecule has 1 aromatic heterocycles. The van der Waals surface area contributed by atoms with E-state index in [0.717, 1.165) is 6.54 Å². The van der Waals surface area contributed by atoms with Gasteiger partial charge in [0.1, 0.15) is 0 Å². The molecule has 2 atom stereocenters. The van der Waals surface area contributed by atoms with Gasteiger partial charge in [-0.3, -0.25) is 4.98 Å². The van der Waals surface area contributed by atoms with E-state index in [-0.39, 0.29) is 5.41 Å². The van der Waals surface area contributed by atoms with Gasteiger partial charge < -0.3 is 5.32 Å². The third kappa shape index (κ3) is 3.53. The molecule has 1 rings (SSSR count). The van der Waals surface area contributed by atoms with Gasteiger partial charge in [-0.1, -0.05) is 40.7 Å². The Morgan fingerprint density at radius 3 is 2.47 bits per heavy atom. The number of nitrogens with one attached hydrogen (secondary N) is 1. The third-order valence-corrected chi connectivity index (χ3v) is 3.83. The number of hydrogen-bond acceptors (Lipinski definition) is 2. The Labute approximate surface area is 106 Å². The Morgan fingerprint density at radius 1 is 1.29 bits per heavy atom. The van der Waals surface area contributed by atoms with Gasteiger partial charge in [0, 0.05) is 23.9 Å². The molecule has 0 aliphatic heterocycles. The van der Waals surface area contributed by atoms with Crippen molar-refractivity contribution in [1.82, 2.24) is 10.3 Å². The zero-order valence-electron chi connectivity index (χ0n) is 11.8. The molecule has 0 saturated carbocycles. The molecule has 0 aliphatic carbocycles. The molecule has 1 N–H and O–H groups in total. The van der Waals surface area contributed by atoms with Crippen LogP contribution in [0.15, 0.2) is 24.4 Å². The molecule has 2 unspecified atom stereocenters. The second-order valence-electron chi connectivity index (χ2n) is 5.42. The van der Waals surface area contributed by atoms with E-state index in [9.17, 15) is 0 Å². The van der Waals surface area contributed by atoms with Crippen LogP contribution < -0.4 is 5.32 Å². The van der Waals surface area contributed by atoms with E-state index < -0.39 is 0 Å². The van der Waals surface area contributed by atoms with Crippen LogP contribution in [-0.2, 0) is 0 Å². The Morgan fingerprint density at radius 2 is 2.00 bits per heavy atom. The minimum Gasteiger partial charge on any atom is -0.313 e. The van der Waals surface area contributed by atoms with Crippen molar-refractivity contribution < 1.29 is 0 Å². The molecule has 17 heavy (non-hydrogen) atoms. The molecule has 1 heterocycles. The van der Waals surface area contributed by atoms with E-state index in [1.807, 2.05) is 12.3 Å². The summed E-state index contributed by atoms with van der Waals surface area (Å²) in [5.41, 5.74) is 1.47. The van der Waals surface area contributed by atoms with Crippen LogP contribution in [0.3, 0.4) is 0 Å². The van der Waals surface area contributed by atoms with Crippen LogP contribution in [0.2, 0.25) is 0 Å². The largest absolute Gasteiger partial charge is 0.313 e. The lowest BCUT2D eigenvalue weighted by Gasteiger charge is -2.38. The van der Waals surface area contributed by atoms with Crippen molar-refractivity contribution in [3.05, 3.63) is 30.1 Å². The highest BCUT2D eigenvalue weighted by atomic mass is 14.9. The van der Waals surface area contributed by atoms with Crippen LogP contribution in [0.25, 0.3) is 0 Å². The maximum Gasteiger partial charge on any atom is 0.0447 e. The number of nitrogens with zero attached hydrogens (tertiary/aromatic N) is 1. The Hall–Kier alpha value is -0.890. The van der Waals surface area contributed by atoms with E-state index in [2.05, 4.69) is 57.1 Å². The average Bonchev–Trinajstić information content (AvgIpc) is 2.36. The molecule has 2 nitrogen and oxygen atoms in total. The first-order valence-corrected chi connectivity index (χ1v) is 6.67. The molecule has 2 heteroatoms. The maximum absolute atomic E-state index is 4.49. The predicted octanol–water partition coefficient (Wildman–Crippen LogP) is 3.60. The third-order valence-electron chi connectivity index (χ3n) is 3.83. The van der Waals surface area contributed by atoms with E-state index in [4.69, 9.17) is 0 Å². The highest BCUT2D eigenvalue weighted by Crippen LogP contribution is 2.33. The first-order chi connectivity index (χ1) is 8.03.